The van der Waals surface area contributed by atoms with Crippen LogP contribution in [0.4, 0.5) is 17.6 Å². The molecule has 0 fully saturated rings. The van der Waals surface area contributed by atoms with Gasteiger partial charge in [-0.25, -0.2) is 17.6 Å². The Bertz CT molecular complexity index is 1290. The molecule has 0 aliphatic rings. The Labute approximate surface area is 190 Å². The zero-order valence-corrected chi connectivity index (χ0v) is 18.2. The van der Waals surface area contributed by atoms with Crippen molar-refractivity contribution in [3.63, 3.8) is 0 Å². The minimum atomic E-state index is -1.50. The number of benzene rings is 3. The summed E-state index contributed by atoms with van der Waals surface area (Å²) in [6.45, 7) is 2.00. The fraction of sp³-hybridized carbons (Fsp3) is 0.179. The summed E-state index contributed by atoms with van der Waals surface area (Å²) in [6.07, 6.45) is 8.36. The summed E-state index contributed by atoms with van der Waals surface area (Å²) in [6, 6.07) is 14.9. The molecule has 4 rings (SSSR count). The molecule has 4 aromatic rings. The highest BCUT2D eigenvalue weighted by Gasteiger charge is 2.13. The van der Waals surface area contributed by atoms with E-state index in [0.29, 0.717) is 10.9 Å². The second-order valence-electron chi connectivity index (χ2n) is 8.01. The van der Waals surface area contributed by atoms with E-state index in [0.717, 1.165) is 47.2 Å². The van der Waals surface area contributed by atoms with Crippen molar-refractivity contribution in [2.24, 2.45) is 0 Å². The van der Waals surface area contributed by atoms with Crippen molar-refractivity contribution < 1.29 is 17.6 Å². The first-order valence-corrected chi connectivity index (χ1v) is 10.9. The van der Waals surface area contributed by atoms with Crippen molar-refractivity contribution >= 4 is 10.8 Å². The van der Waals surface area contributed by atoms with Gasteiger partial charge in [-0.1, -0.05) is 42.5 Å². The van der Waals surface area contributed by atoms with E-state index in [1.165, 1.54) is 0 Å². The van der Waals surface area contributed by atoms with Gasteiger partial charge in [0, 0.05) is 17.1 Å². The lowest BCUT2D eigenvalue weighted by molar-refractivity contribution is 0.445. The summed E-state index contributed by atoms with van der Waals surface area (Å²) in [5.74, 6) is -4.34. The van der Waals surface area contributed by atoms with Gasteiger partial charge in [0.25, 0.3) is 0 Å². The van der Waals surface area contributed by atoms with Crippen LogP contribution >= 0.6 is 0 Å². The first kappa shape index (κ1) is 22.7. The van der Waals surface area contributed by atoms with Crippen LogP contribution in [0.5, 0.6) is 0 Å². The molecule has 0 spiro atoms. The fourth-order valence-corrected chi connectivity index (χ4v) is 3.88. The number of hydrogen-bond donors (Lipinski definition) is 0. The van der Waals surface area contributed by atoms with Crippen molar-refractivity contribution in [2.45, 2.75) is 32.6 Å². The lowest BCUT2D eigenvalue weighted by atomic mass is 9.98. The standard InChI is InChI=1S/C28H23F4N/c1-2-3-4-5-18-7-13-26(33-17-18)22-11-12-23-21(16-22)10-9-20(27(23)31)8-6-19-14-24(29)28(32)25(30)15-19/h2-3,7,9-17H,4-6,8H2,1H3/b3-2+. The highest BCUT2D eigenvalue weighted by atomic mass is 19.2. The molecule has 0 atom stereocenters. The van der Waals surface area contributed by atoms with E-state index < -0.39 is 17.5 Å². The average molecular weight is 449 g/mol. The van der Waals surface area contributed by atoms with E-state index in [1.54, 1.807) is 12.1 Å². The molecule has 0 saturated carbocycles. The van der Waals surface area contributed by atoms with E-state index >= 15 is 4.39 Å². The molecular weight excluding hydrogens is 426 g/mol. The van der Waals surface area contributed by atoms with Gasteiger partial charge in [-0.3, -0.25) is 4.98 Å². The molecule has 0 radical (unpaired) electrons. The number of pyridine rings is 1. The molecule has 1 nitrogen and oxygen atoms in total. The van der Waals surface area contributed by atoms with Gasteiger partial charge in [-0.05, 0) is 78.9 Å². The molecule has 0 aliphatic heterocycles. The van der Waals surface area contributed by atoms with E-state index in [9.17, 15) is 13.2 Å². The van der Waals surface area contributed by atoms with Crippen LogP contribution in [0, 0.1) is 23.3 Å². The zero-order chi connectivity index (χ0) is 23.4. The fourth-order valence-electron chi connectivity index (χ4n) is 3.88. The van der Waals surface area contributed by atoms with Crippen LogP contribution in [0.1, 0.15) is 30.0 Å². The van der Waals surface area contributed by atoms with Gasteiger partial charge in [0.1, 0.15) is 5.82 Å². The van der Waals surface area contributed by atoms with Crippen LogP contribution in [0.25, 0.3) is 22.0 Å². The summed E-state index contributed by atoms with van der Waals surface area (Å²) in [7, 11) is 0. The highest BCUT2D eigenvalue weighted by molar-refractivity contribution is 5.88. The summed E-state index contributed by atoms with van der Waals surface area (Å²) in [4.78, 5) is 4.55. The van der Waals surface area contributed by atoms with Gasteiger partial charge < -0.3 is 0 Å². The van der Waals surface area contributed by atoms with Crippen LogP contribution in [-0.2, 0) is 19.3 Å². The maximum Gasteiger partial charge on any atom is 0.194 e. The average Bonchev–Trinajstić information content (AvgIpc) is 2.82. The molecule has 0 unspecified atom stereocenters. The van der Waals surface area contributed by atoms with E-state index in [-0.39, 0.29) is 24.2 Å². The molecule has 0 amide bonds. The van der Waals surface area contributed by atoms with Gasteiger partial charge in [-0.15, -0.1) is 0 Å². The third-order valence-electron chi connectivity index (χ3n) is 5.72. The molecular formula is C28H23F4N. The molecule has 5 heteroatoms. The predicted octanol–water partition coefficient (Wildman–Crippen LogP) is 7.75. The van der Waals surface area contributed by atoms with Crippen LogP contribution in [0.15, 0.2) is 72.9 Å². The number of rotatable bonds is 7. The van der Waals surface area contributed by atoms with Crippen LogP contribution in [0.3, 0.4) is 0 Å². The molecule has 0 saturated heterocycles. The van der Waals surface area contributed by atoms with Crippen molar-refractivity contribution in [1.82, 2.24) is 4.98 Å². The van der Waals surface area contributed by atoms with Gasteiger partial charge in [0.2, 0.25) is 0 Å². The molecule has 1 heterocycles. The van der Waals surface area contributed by atoms with Crippen molar-refractivity contribution in [2.75, 3.05) is 0 Å². The Morgan fingerprint density at radius 2 is 1.55 bits per heavy atom. The third-order valence-corrected chi connectivity index (χ3v) is 5.72. The number of aryl methyl sites for hydroxylation is 3. The summed E-state index contributed by atoms with van der Waals surface area (Å²) < 4.78 is 55.1. The van der Waals surface area contributed by atoms with E-state index in [1.807, 2.05) is 43.5 Å². The lowest BCUT2D eigenvalue weighted by Crippen LogP contribution is -1.99. The lowest BCUT2D eigenvalue weighted by Gasteiger charge is -2.09. The van der Waals surface area contributed by atoms with Crippen LogP contribution < -0.4 is 0 Å². The Morgan fingerprint density at radius 3 is 2.24 bits per heavy atom. The van der Waals surface area contributed by atoms with Crippen molar-refractivity contribution in [3.05, 3.63) is 113 Å². The Balaban J connectivity index is 1.52. The monoisotopic (exact) mass is 449 g/mol. The number of allylic oxidation sites excluding steroid dienone is 2. The Hall–Kier alpha value is -3.47. The number of fused-ring (bicyclic) bond motifs is 1. The van der Waals surface area contributed by atoms with E-state index in [4.69, 9.17) is 0 Å². The van der Waals surface area contributed by atoms with Gasteiger partial charge in [0.05, 0.1) is 5.69 Å². The smallest absolute Gasteiger partial charge is 0.194 e. The molecule has 168 valence electrons. The van der Waals surface area contributed by atoms with Crippen molar-refractivity contribution in [1.29, 1.82) is 0 Å². The van der Waals surface area contributed by atoms with E-state index in [2.05, 4.69) is 17.1 Å². The van der Waals surface area contributed by atoms with Gasteiger partial charge >= 0.3 is 0 Å². The third kappa shape index (κ3) is 5.14. The number of halogens is 4. The number of nitrogens with zero attached hydrogens (tertiary/aromatic N) is 1. The first-order valence-electron chi connectivity index (χ1n) is 10.9. The molecule has 0 aliphatic carbocycles. The van der Waals surface area contributed by atoms with Crippen LogP contribution in [-0.4, -0.2) is 4.98 Å². The second kappa shape index (κ2) is 9.99. The van der Waals surface area contributed by atoms with Crippen LogP contribution in [0.2, 0.25) is 0 Å². The normalized spacial score (nSPS) is 11.5. The SMILES string of the molecule is C/C=C/CCc1ccc(-c2ccc3c(F)c(CCc4cc(F)c(F)c(F)c4)ccc3c2)nc1. The number of hydrogen-bond acceptors (Lipinski definition) is 1. The highest BCUT2D eigenvalue weighted by Crippen LogP contribution is 2.27. The second-order valence-corrected chi connectivity index (χ2v) is 8.01. The van der Waals surface area contributed by atoms with Gasteiger partial charge in [0.15, 0.2) is 17.5 Å². The topological polar surface area (TPSA) is 12.9 Å². The molecule has 33 heavy (non-hydrogen) atoms. The predicted molar refractivity (Wildman–Crippen MR) is 124 cm³/mol. The molecule has 0 N–H and O–H groups in total. The Kier molecular flexibility index (Phi) is 6.87. The minimum absolute atomic E-state index is 0.193. The quantitative estimate of drug-likeness (QED) is 0.160. The first-order chi connectivity index (χ1) is 16.0. The molecule has 3 aromatic carbocycles. The van der Waals surface area contributed by atoms with Gasteiger partial charge in [-0.2, -0.15) is 0 Å². The molecule has 0 bridgehead atoms. The number of aromatic nitrogens is 1. The largest absolute Gasteiger partial charge is 0.256 e. The maximum absolute atomic E-state index is 15.1. The van der Waals surface area contributed by atoms with Crippen molar-refractivity contribution in [3.8, 4) is 11.3 Å². The summed E-state index contributed by atoms with van der Waals surface area (Å²) in [5, 5.41) is 1.21. The molecule has 1 aromatic heterocycles. The summed E-state index contributed by atoms with van der Waals surface area (Å²) in [5.41, 5.74) is 3.59. The maximum atomic E-state index is 15.1. The zero-order valence-electron chi connectivity index (χ0n) is 18.2. The summed E-state index contributed by atoms with van der Waals surface area (Å²) >= 11 is 0. The minimum Gasteiger partial charge on any atom is -0.256 e. The Morgan fingerprint density at radius 1 is 0.758 bits per heavy atom.